The van der Waals surface area contributed by atoms with E-state index in [1.165, 1.54) is 6.92 Å². The lowest BCUT2D eigenvalue weighted by molar-refractivity contribution is -0.147. The predicted molar refractivity (Wildman–Crippen MR) is 46.0 cm³/mol. The lowest BCUT2D eigenvalue weighted by Crippen LogP contribution is -2.47. The second kappa shape index (κ2) is 5.11. The first-order valence-electron chi connectivity index (χ1n) is 4.19. The quantitative estimate of drug-likeness (QED) is 0.625. The molecule has 0 aromatic rings. The van der Waals surface area contributed by atoms with Crippen LogP contribution >= 0.6 is 0 Å². The Morgan fingerprint density at radius 1 is 1.42 bits per heavy atom. The molecule has 0 aromatic carbocycles. The third kappa shape index (κ3) is 2.79. The van der Waals surface area contributed by atoms with Crippen LogP contribution in [0.25, 0.3) is 0 Å². The van der Waals surface area contributed by atoms with Crippen molar-refractivity contribution in [2.45, 2.75) is 32.9 Å². The molecule has 4 heteroatoms. The van der Waals surface area contributed by atoms with Crippen molar-refractivity contribution in [3.05, 3.63) is 0 Å². The van der Waals surface area contributed by atoms with Gasteiger partial charge in [0.2, 0.25) is 0 Å². The fourth-order valence-electron chi connectivity index (χ4n) is 1.28. The van der Waals surface area contributed by atoms with Crippen molar-refractivity contribution in [2.75, 3.05) is 13.1 Å². The molecule has 0 saturated heterocycles. The van der Waals surface area contributed by atoms with Crippen LogP contribution in [0, 0.1) is 0 Å². The number of aliphatic hydroxyl groups excluding tert-OH is 1. The first-order chi connectivity index (χ1) is 5.54. The molecular formula is C8H17NO3. The summed E-state index contributed by atoms with van der Waals surface area (Å²) in [5, 5.41) is 18.0. The lowest BCUT2D eigenvalue weighted by Gasteiger charge is -2.27. The molecule has 12 heavy (non-hydrogen) atoms. The van der Waals surface area contributed by atoms with Crippen LogP contribution in [0.4, 0.5) is 0 Å². The molecule has 0 spiro atoms. The molecule has 0 amide bonds. The van der Waals surface area contributed by atoms with E-state index in [2.05, 4.69) is 0 Å². The standard InChI is InChI=1S/C8H17NO3/c1-4-9(5-2)7(6(3)10)8(11)12/h6-7,10H,4-5H2,1-3H3,(H,11,12)/t6-,7+/m1/s1. The van der Waals surface area contributed by atoms with Gasteiger partial charge in [-0.15, -0.1) is 0 Å². The maximum atomic E-state index is 10.7. The average molecular weight is 175 g/mol. The van der Waals surface area contributed by atoms with Crippen molar-refractivity contribution in [1.29, 1.82) is 0 Å². The van der Waals surface area contributed by atoms with Gasteiger partial charge >= 0.3 is 5.97 Å². The highest BCUT2D eigenvalue weighted by molar-refractivity contribution is 5.74. The number of aliphatic hydroxyl groups is 1. The van der Waals surface area contributed by atoms with Gasteiger partial charge in [-0.05, 0) is 20.0 Å². The van der Waals surface area contributed by atoms with Crippen LogP contribution in [0.1, 0.15) is 20.8 Å². The summed E-state index contributed by atoms with van der Waals surface area (Å²) in [6, 6.07) is -0.778. The highest BCUT2D eigenvalue weighted by Crippen LogP contribution is 2.04. The molecule has 0 unspecified atom stereocenters. The zero-order chi connectivity index (χ0) is 9.72. The Kier molecular flexibility index (Phi) is 4.85. The largest absolute Gasteiger partial charge is 0.480 e. The molecule has 2 atom stereocenters. The van der Waals surface area contributed by atoms with E-state index in [9.17, 15) is 9.90 Å². The summed E-state index contributed by atoms with van der Waals surface area (Å²) < 4.78 is 0. The van der Waals surface area contributed by atoms with Gasteiger partial charge < -0.3 is 10.2 Å². The van der Waals surface area contributed by atoms with E-state index in [1.807, 2.05) is 13.8 Å². The first kappa shape index (κ1) is 11.4. The molecule has 0 rings (SSSR count). The minimum atomic E-state index is -0.964. The smallest absolute Gasteiger partial charge is 0.323 e. The van der Waals surface area contributed by atoms with Crippen molar-refractivity contribution in [3.8, 4) is 0 Å². The topological polar surface area (TPSA) is 60.8 Å². The third-order valence-electron chi connectivity index (χ3n) is 1.92. The van der Waals surface area contributed by atoms with Crippen molar-refractivity contribution in [3.63, 3.8) is 0 Å². The van der Waals surface area contributed by atoms with Crippen molar-refractivity contribution in [1.82, 2.24) is 4.90 Å². The van der Waals surface area contributed by atoms with Crippen LogP contribution in [-0.4, -0.2) is 46.3 Å². The molecule has 0 aromatic heterocycles. The zero-order valence-electron chi connectivity index (χ0n) is 7.82. The highest BCUT2D eigenvalue weighted by atomic mass is 16.4. The number of likely N-dealkylation sites (N-methyl/N-ethyl adjacent to an activating group) is 1. The predicted octanol–water partition coefficient (Wildman–Crippen LogP) is 0.162. The Bertz CT molecular complexity index is 143. The second-order valence-electron chi connectivity index (χ2n) is 2.74. The summed E-state index contributed by atoms with van der Waals surface area (Å²) in [7, 11) is 0. The zero-order valence-corrected chi connectivity index (χ0v) is 7.82. The molecule has 0 fully saturated rings. The van der Waals surface area contributed by atoms with Crippen LogP contribution < -0.4 is 0 Å². The van der Waals surface area contributed by atoms with Crippen LogP contribution in [0.15, 0.2) is 0 Å². The number of hydrogen-bond acceptors (Lipinski definition) is 3. The summed E-state index contributed by atoms with van der Waals surface area (Å²) in [6.07, 6.45) is -0.831. The van der Waals surface area contributed by atoms with Crippen LogP contribution in [0.3, 0.4) is 0 Å². The fraction of sp³-hybridized carbons (Fsp3) is 0.875. The van der Waals surface area contributed by atoms with E-state index in [-0.39, 0.29) is 0 Å². The summed E-state index contributed by atoms with van der Waals surface area (Å²) >= 11 is 0. The van der Waals surface area contributed by atoms with Crippen molar-refractivity contribution < 1.29 is 15.0 Å². The lowest BCUT2D eigenvalue weighted by atomic mass is 10.1. The molecule has 0 heterocycles. The van der Waals surface area contributed by atoms with E-state index in [1.54, 1.807) is 4.90 Å². The van der Waals surface area contributed by atoms with E-state index < -0.39 is 18.1 Å². The SMILES string of the molecule is CCN(CC)[C@H](C(=O)O)[C@@H](C)O. The van der Waals surface area contributed by atoms with Crippen LogP contribution in [-0.2, 0) is 4.79 Å². The number of carboxylic acids is 1. The van der Waals surface area contributed by atoms with Gasteiger partial charge in [-0.3, -0.25) is 9.69 Å². The summed E-state index contributed by atoms with van der Waals surface area (Å²) in [6.45, 7) is 6.53. The van der Waals surface area contributed by atoms with E-state index in [4.69, 9.17) is 5.11 Å². The first-order valence-corrected chi connectivity index (χ1v) is 4.19. The van der Waals surface area contributed by atoms with E-state index in [0.717, 1.165) is 0 Å². The van der Waals surface area contributed by atoms with Crippen LogP contribution in [0.5, 0.6) is 0 Å². The third-order valence-corrected chi connectivity index (χ3v) is 1.92. The van der Waals surface area contributed by atoms with E-state index in [0.29, 0.717) is 13.1 Å². The molecule has 0 aliphatic heterocycles. The number of nitrogens with zero attached hydrogens (tertiary/aromatic N) is 1. The van der Waals surface area contributed by atoms with Crippen molar-refractivity contribution in [2.24, 2.45) is 0 Å². The average Bonchev–Trinajstić information content (AvgIpc) is 1.98. The number of carboxylic acid groups (broad SMARTS) is 1. The number of rotatable bonds is 5. The summed E-state index contributed by atoms with van der Waals surface area (Å²) in [4.78, 5) is 12.4. The molecular weight excluding hydrogens is 158 g/mol. The second-order valence-corrected chi connectivity index (χ2v) is 2.74. The number of carbonyl (C=O) groups is 1. The minimum Gasteiger partial charge on any atom is -0.480 e. The van der Waals surface area contributed by atoms with Gasteiger partial charge in [-0.25, -0.2) is 0 Å². The Labute approximate surface area is 72.8 Å². The summed E-state index contributed by atoms with van der Waals surface area (Å²) in [5.41, 5.74) is 0. The molecule has 0 aliphatic carbocycles. The molecule has 0 radical (unpaired) electrons. The molecule has 4 nitrogen and oxygen atoms in total. The maximum Gasteiger partial charge on any atom is 0.323 e. The molecule has 0 aliphatic rings. The van der Waals surface area contributed by atoms with Crippen molar-refractivity contribution >= 4 is 5.97 Å². The van der Waals surface area contributed by atoms with Gasteiger partial charge in [0.15, 0.2) is 0 Å². The monoisotopic (exact) mass is 175 g/mol. The van der Waals surface area contributed by atoms with Gasteiger partial charge in [-0.1, -0.05) is 13.8 Å². The number of aliphatic carboxylic acids is 1. The Morgan fingerprint density at radius 3 is 1.92 bits per heavy atom. The van der Waals surface area contributed by atoms with Crippen LogP contribution in [0.2, 0.25) is 0 Å². The maximum absolute atomic E-state index is 10.7. The molecule has 72 valence electrons. The normalized spacial score (nSPS) is 16.1. The van der Waals surface area contributed by atoms with E-state index >= 15 is 0 Å². The van der Waals surface area contributed by atoms with Gasteiger partial charge in [0, 0.05) is 0 Å². The highest BCUT2D eigenvalue weighted by Gasteiger charge is 2.27. The Morgan fingerprint density at radius 2 is 1.83 bits per heavy atom. The molecule has 0 saturated carbocycles. The van der Waals surface area contributed by atoms with Gasteiger partial charge in [0.05, 0.1) is 6.10 Å². The summed E-state index contributed by atoms with van der Waals surface area (Å²) in [5.74, 6) is -0.964. The molecule has 2 N–H and O–H groups in total. The van der Waals surface area contributed by atoms with Gasteiger partial charge in [0.1, 0.15) is 6.04 Å². The van der Waals surface area contributed by atoms with Gasteiger partial charge in [-0.2, -0.15) is 0 Å². The Balaban J connectivity index is 4.36. The van der Waals surface area contributed by atoms with Gasteiger partial charge in [0.25, 0.3) is 0 Å². The Hall–Kier alpha value is -0.610. The minimum absolute atomic E-state index is 0.637. The molecule has 0 bridgehead atoms. The number of hydrogen-bond donors (Lipinski definition) is 2. The fourth-order valence-corrected chi connectivity index (χ4v) is 1.28.